The van der Waals surface area contributed by atoms with E-state index in [1.807, 2.05) is 7.05 Å². The first kappa shape index (κ1) is 18.0. The first-order chi connectivity index (χ1) is 8.17. The molecule has 18 heavy (non-hydrogen) atoms. The summed E-state index contributed by atoms with van der Waals surface area (Å²) in [7, 11) is 1.83. The van der Waals surface area contributed by atoms with Gasteiger partial charge in [-0.1, -0.05) is 6.92 Å². The van der Waals surface area contributed by atoms with Crippen LogP contribution in [0.3, 0.4) is 0 Å². The second-order valence-corrected chi connectivity index (χ2v) is 5.06. The quantitative estimate of drug-likeness (QED) is 0.443. The maximum atomic E-state index is 4.24. The van der Waals surface area contributed by atoms with Gasteiger partial charge in [0.1, 0.15) is 0 Å². The van der Waals surface area contributed by atoms with E-state index >= 15 is 0 Å². The fraction of sp³-hybridized carbons (Fsp3) is 0.923. The number of guanidine groups is 1. The second kappa shape index (κ2) is 9.83. The third kappa shape index (κ3) is 6.22. The zero-order valence-corrected chi connectivity index (χ0v) is 14.5. The van der Waals surface area contributed by atoms with Gasteiger partial charge in [-0.05, 0) is 46.2 Å². The monoisotopic (exact) mass is 368 g/mol. The van der Waals surface area contributed by atoms with Crippen molar-refractivity contribution in [3.05, 3.63) is 0 Å². The summed E-state index contributed by atoms with van der Waals surface area (Å²) in [5.41, 5.74) is 0. The molecule has 2 N–H and O–H groups in total. The SMILES string of the molecule is CCC(CNC(=NC)NC(C)C)N1CCCC1.I. The van der Waals surface area contributed by atoms with E-state index < -0.39 is 0 Å². The number of halogens is 1. The number of hydrogen-bond donors (Lipinski definition) is 2. The summed E-state index contributed by atoms with van der Waals surface area (Å²) in [6.45, 7) is 10.0. The molecule has 0 saturated carbocycles. The number of nitrogens with one attached hydrogen (secondary N) is 2. The molecular weight excluding hydrogens is 339 g/mol. The van der Waals surface area contributed by atoms with Gasteiger partial charge in [0, 0.05) is 25.7 Å². The molecule has 0 spiro atoms. The van der Waals surface area contributed by atoms with E-state index in [9.17, 15) is 0 Å². The zero-order chi connectivity index (χ0) is 12.7. The second-order valence-electron chi connectivity index (χ2n) is 5.06. The van der Waals surface area contributed by atoms with Crippen molar-refractivity contribution in [3.8, 4) is 0 Å². The van der Waals surface area contributed by atoms with Crippen LogP contribution < -0.4 is 10.6 Å². The van der Waals surface area contributed by atoms with Crippen molar-refractivity contribution < 1.29 is 0 Å². The van der Waals surface area contributed by atoms with Crippen LogP contribution in [-0.4, -0.2) is 49.6 Å². The van der Waals surface area contributed by atoms with E-state index in [2.05, 4.69) is 41.3 Å². The molecule has 1 rings (SSSR count). The first-order valence-corrected chi connectivity index (χ1v) is 6.88. The Bertz CT molecular complexity index is 237. The van der Waals surface area contributed by atoms with E-state index in [0.29, 0.717) is 12.1 Å². The molecule has 0 aromatic rings. The van der Waals surface area contributed by atoms with Gasteiger partial charge in [0.2, 0.25) is 0 Å². The van der Waals surface area contributed by atoms with Gasteiger partial charge in [0.05, 0.1) is 0 Å². The van der Waals surface area contributed by atoms with Crippen LogP contribution in [0.25, 0.3) is 0 Å². The van der Waals surface area contributed by atoms with Crippen LogP contribution in [0.2, 0.25) is 0 Å². The average Bonchev–Trinajstić information content (AvgIpc) is 2.81. The van der Waals surface area contributed by atoms with Crippen LogP contribution in [0, 0.1) is 0 Å². The Morgan fingerprint density at radius 2 is 1.89 bits per heavy atom. The standard InChI is InChI=1S/C13H28N4.HI/c1-5-12(17-8-6-7-9-17)10-15-13(14-4)16-11(2)3;/h11-12H,5-10H2,1-4H3,(H2,14,15,16);1H. The van der Waals surface area contributed by atoms with Crippen molar-refractivity contribution in [2.75, 3.05) is 26.7 Å². The summed E-state index contributed by atoms with van der Waals surface area (Å²) in [5.74, 6) is 0.914. The van der Waals surface area contributed by atoms with Crippen molar-refractivity contribution in [3.63, 3.8) is 0 Å². The first-order valence-electron chi connectivity index (χ1n) is 6.88. The smallest absolute Gasteiger partial charge is 0.191 e. The topological polar surface area (TPSA) is 39.7 Å². The maximum Gasteiger partial charge on any atom is 0.191 e. The molecule has 4 nitrogen and oxygen atoms in total. The van der Waals surface area contributed by atoms with Gasteiger partial charge in [-0.25, -0.2) is 0 Å². The van der Waals surface area contributed by atoms with E-state index in [1.165, 1.54) is 32.4 Å². The predicted octanol–water partition coefficient (Wildman–Crippen LogP) is 2.05. The Kier molecular flexibility index (Phi) is 9.81. The average molecular weight is 368 g/mol. The van der Waals surface area contributed by atoms with Crippen molar-refractivity contribution in [1.82, 2.24) is 15.5 Å². The van der Waals surface area contributed by atoms with Gasteiger partial charge < -0.3 is 10.6 Å². The Morgan fingerprint density at radius 1 is 1.28 bits per heavy atom. The molecule has 0 bridgehead atoms. The lowest BCUT2D eigenvalue weighted by atomic mass is 10.2. The van der Waals surface area contributed by atoms with Gasteiger partial charge in [0.15, 0.2) is 5.96 Å². The highest BCUT2D eigenvalue weighted by Crippen LogP contribution is 2.13. The molecule has 0 aromatic carbocycles. The van der Waals surface area contributed by atoms with Crippen LogP contribution in [0.4, 0.5) is 0 Å². The van der Waals surface area contributed by atoms with Crippen molar-refractivity contribution in [1.29, 1.82) is 0 Å². The highest BCUT2D eigenvalue weighted by Gasteiger charge is 2.20. The number of likely N-dealkylation sites (tertiary alicyclic amines) is 1. The van der Waals surface area contributed by atoms with E-state index in [4.69, 9.17) is 0 Å². The highest BCUT2D eigenvalue weighted by atomic mass is 127. The molecule has 108 valence electrons. The summed E-state index contributed by atoms with van der Waals surface area (Å²) >= 11 is 0. The van der Waals surface area contributed by atoms with Crippen LogP contribution in [0.15, 0.2) is 4.99 Å². The number of rotatable bonds is 5. The van der Waals surface area contributed by atoms with Gasteiger partial charge >= 0.3 is 0 Å². The molecule has 5 heteroatoms. The zero-order valence-electron chi connectivity index (χ0n) is 12.2. The maximum absolute atomic E-state index is 4.24. The van der Waals surface area contributed by atoms with Gasteiger partial charge in [-0.15, -0.1) is 24.0 Å². The lowest BCUT2D eigenvalue weighted by Gasteiger charge is -2.27. The lowest BCUT2D eigenvalue weighted by Crippen LogP contribution is -2.47. The number of nitrogens with zero attached hydrogens (tertiary/aromatic N) is 2. The summed E-state index contributed by atoms with van der Waals surface area (Å²) in [6.07, 6.45) is 3.91. The molecule has 1 heterocycles. The van der Waals surface area contributed by atoms with Crippen LogP contribution in [0.1, 0.15) is 40.0 Å². The van der Waals surface area contributed by atoms with E-state index in [0.717, 1.165) is 12.5 Å². The lowest BCUT2D eigenvalue weighted by molar-refractivity contribution is 0.236. The minimum absolute atomic E-state index is 0. The summed E-state index contributed by atoms with van der Waals surface area (Å²) in [5, 5.41) is 6.75. The van der Waals surface area contributed by atoms with E-state index in [-0.39, 0.29) is 24.0 Å². The molecule has 0 aromatic heterocycles. The molecule has 0 aliphatic carbocycles. The fourth-order valence-corrected chi connectivity index (χ4v) is 2.32. The molecular formula is C13H29IN4. The largest absolute Gasteiger partial charge is 0.355 e. The van der Waals surface area contributed by atoms with E-state index in [1.54, 1.807) is 0 Å². The van der Waals surface area contributed by atoms with Gasteiger partial charge in [0.25, 0.3) is 0 Å². The predicted molar refractivity (Wildman–Crippen MR) is 89.9 cm³/mol. The Balaban J connectivity index is 0.00000289. The normalized spacial score (nSPS) is 18.6. The molecule has 0 radical (unpaired) electrons. The Hall–Kier alpha value is -0.0400. The number of hydrogen-bond acceptors (Lipinski definition) is 2. The van der Waals surface area contributed by atoms with Crippen LogP contribution in [-0.2, 0) is 0 Å². The molecule has 1 fully saturated rings. The Morgan fingerprint density at radius 3 is 2.33 bits per heavy atom. The molecule has 1 unspecified atom stereocenters. The summed E-state index contributed by atoms with van der Waals surface area (Å²) in [6, 6.07) is 1.07. The molecule has 1 aliphatic rings. The molecule has 0 amide bonds. The fourth-order valence-electron chi connectivity index (χ4n) is 2.32. The summed E-state index contributed by atoms with van der Waals surface area (Å²) in [4.78, 5) is 6.83. The van der Waals surface area contributed by atoms with Crippen LogP contribution >= 0.6 is 24.0 Å². The third-order valence-corrected chi connectivity index (χ3v) is 3.28. The molecule has 1 saturated heterocycles. The molecule has 1 aliphatic heterocycles. The van der Waals surface area contributed by atoms with Crippen molar-refractivity contribution in [2.45, 2.75) is 52.1 Å². The minimum Gasteiger partial charge on any atom is -0.355 e. The Labute approximate surface area is 129 Å². The van der Waals surface area contributed by atoms with Crippen LogP contribution in [0.5, 0.6) is 0 Å². The van der Waals surface area contributed by atoms with Gasteiger partial charge in [-0.3, -0.25) is 9.89 Å². The highest BCUT2D eigenvalue weighted by molar-refractivity contribution is 14.0. The van der Waals surface area contributed by atoms with Crippen molar-refractivity contribution in [2.24, 2.45) is 4.99 Å². The molecule has 1 atom stereocenters. The van der Waals surface area contributed by atoms with Gasteiger partial charge in [-0.2, -0.15) is 0 Å². The van der Waals surface area contributed by atoms with Crippen molar-refractivity contribution >= 4 is 29.9 Å². The summed E-state index contributed by atoms with van der Waals surface area (Å²) < 4.78 is 0. The number of aliphatic imine (C=N–C) groups is 1. The third-order valence-electron chi connectivity index (χ3n) is 3.28. The minimum atomic E-state index is 0.